The van der Waals surface area contributed by atoms with Crippen molar-refractivity contribution in [3.63, 3.8) is 0 Å². The van der Waals surface area contributed by atoms with E-state index in [1.165, 1.54) is 0 Å². The number of hydrogen-bond acceptors (Lipinski definition) is 4. The highest BCUT2D eigenvalue weighted by atomic mass is 79.9. The molecule has 0 atom stereocenters. The first-order valence-electron chi connectivity index (χ1n) is 6.06. The predicted molar refractivity (Wildman–Crippen MR) is 81.0 cm³/mol. The van der Waals surface area contributed by atoms with Gasteiger partial charge in [-0.3, -0.25) is 0 Å². The molecule has 0 saturated heterocycles. The second kappa shape index (κ2) is 7.35. The molecule has 0 aliphatic heterocycles. The molecule has 0 aromatic heterocycles. The molecule has 0 unspecified atom stereocenters. The van der Waals surface area contributed by atoms with Gasteiger partial charge in [0.15, 0.2) is 5.84 Å². The summed E-state index contributed by atoms with van der Waals surface area (Å²) in [7, 11) is 1.99. The quantitative estimate of drug-likeness (QED) is 0.364. The first-order valence-corrected chi connectivity index (χ1v) is 6.85. The third-order valence-corrected chi connectivity index (χ3v) is 3.28. The van der Waals surface area contributed by atoms with E-state index in [-0.39, 0.29) is 11.9 Å². The number of benzene rings is 1. The number of amidine groups is 1. The number of halogens is 1. The Balaban J connectivity index is 2.73. The van der Waals surface area contributed by atoms with Gasteiger partial charge in [0, 0.05) is 23.6 Å². The lowest BCUT2D eigenvalue weighted by Gasteiger charge is -2.21. The molecule has 3 N–H and O–H groups in total. The Hall–Kier alpha value is -1.27. The van der Waals surface area contributed by atoms with E-state index in [9.17, 15) is 0 Å². The maximum atomic E-state index is 8.65. The van der Waals surface area contributed by atoms with Crippen LogP contribution in [0.4, 0.5) is 5.69 Å². The topological polar surface area (TPSA) is 71.1 Å². The molecule has 19 heavy (non-hydrogen) atoms. The summed E-state index contributed by atoms with van der Waals surface area (Å²) in [5.41, 5.74) is 7.25. The molecule has 0 radical (unpaired) electrons. The lowest BCUT2D eigenvalue weighted by Crippen LogP contribution is -2.24. The smallest absolute Gasteiger partial charge is 0.170 e. The second-order valence-corrected chi connectivity index (χ2v) is 5.35. The molecule has 0 aliphatic carbocycles. The second-order valence-electron chi connectivity index (χ2n) is 4.49. The maximum Gasteiger partial charge on any atom is 0.170 e. The fourth-order valence-corrected chi connectivity index (χ4v) is 2.26. The van der Waals surface area contributed by atoms with Crippen LogP contribution in [-0.2, 0) is 4.74 Å². The zero-order valence-corrected chi connectivity index (χ0v) is 13.0. The molecule has 0 bridgehead atoms. The number of nitrogens with zero attached hydrogens (tertiary/aromatic N) is 2. The van der Waals surface area contributed by atoms with Crippen molar-refractivity contribution >= 4 is 27.5 Å². The van der Waals surface area contributed by atoms with Crippen LogP contribution in [0.2, 0.25) is 0 Å². The number of rotatable bonds is 6. The van der Waals surface area contributed by atoms with Crippen LogP contribution in [0.5, 0.6) is 0 Å². The van der Waals surface area contributed by atoms with Crippen LogP contribution in [-0.4, -0.2) is 37.3 Å². The van der Waals surface area contributed by atoms with E-state index >= 15 is 0 Å². The summed E-state index contributed by atoms with van der Waals surface area (Å²) in [6, 6.07) is 5.56. The number of ether oxygens (including phenoxy) is 1. The summed E-state index contributed by atoms with van der Waals surface area (Å²) in [4.78, 5) is 2.09. The van der Waals surface area contributed by atoms with Gasteiger partial charge in [-0.1, -0.05) is 5.16 Å². The summed E-state index contributed by atoms with van der Waals surface area (Å²) in [5, 5.41) is 11.6. The Labute approximate surface area is 122 Å². The number of oxime groups is 1. The molecule has 1 rings (SSSR count). The normalized spacial score (nSPS) is 11.9. The average Bonchev–Trinajstić information content (AvgIpc) is 2.36. The van der Waals surface area contributed by atoms with Crippen molar-refractivity contribution in [2.45, 2.75) is 20.0 Å². The number of nitrogens with two attached hydrogens (primary N) is 1. The largest absolute Gasteiger partial charge is 0.409 e. The number of anilines is 1. The molecule has 0 heterocycles. The van der Waals surface area contributed by atoms with E-state index in [4.69, 9.17) is 15.7 Å². The highest BCUT2D eigenvalue weighted by Crippen LogP contribution is 2.26. The van der Waals surface area contributed by atoms with E-state index in [0.717, 1.165) is 16.7 Å². The summed E-state index contributed by atoms with van der Waals surface area (Å²) in [5.74, 6) is 0.0954. The molecule has 0 amide bonds. The van der Waals surface area contributed by atoms with Gasteiger partial charge in [0.2, 0.25) is 0 Å². The fraction of sp³-hybridized carbons (Fsp3) is 0.462. The van der Waals surface area contributed by atoms with Crippen molar-refractivity contribution < 1.29 is 9.94 Å². The van der Waals surface area contributed by atoms with Crippen molar-refractivity contribution in [1.29, 1.82) is 0 Å². The van der Waals surface area contributed by atoms with Gasteiger partial charge in [-0.25, -0.2) is 0 Å². The van der Waals surface area contributed by atoms with E-state index in [1.54, 1.807) is 0 Å². The van der Waals surface area contributed by atoms with Gasteiger partial charge in [-0.15, -0.1) is 0 Å². The minimum Gasteiger partial charge on any atom is -0.409 e. The summed E-state index contributed by atoms with van der Waals surface area (Å²) in [6.45, 7) is 5.49. The van der Waals surface area contributed by atoms with Gasteiger partial charge in [-0.05, 0) is 48.0 Å². The average molecular weight is 330 g/mol. The summed E-state index contributed by atoms with van der Waals surface area (Å²) in [6.07, 6.45) is 0.236. The molecule has 5 nitrogen and oxygen atoms in total. The Bertz CT molecular complexity index is 450. The molecule has 0 saturated carbocycles. The van der Waals surface area contributed by atoms with Crippen LogP contribution in [0.3, 0.4) is 0 Å². The molecule has 0 spiro atoms. The van der Waals surface area contributed by atoms with Crippen molar-refractivity contribution in [3.8, 4) is 0 Å². The highest BCUT2D eigenvalue weighted by molar-refractivity contribution is 9.10. The Morgan fingerprint density at radius 1 is 1.53 bits per heavy atom. The zero-order chi connectivity index (χ0) is 14.4. The third kappa shape index (κ3) is 4.72. The van der Waals surface area contributed by atoms with Crippen LogP contribution in [0, 0.1) is 0 Å². The van der Waals surface area contributed by atoms with Crippen LogP contribution in [0.15, 0.2) is 27.8 Å². The zero-order valence-electron chi connectivity index (χ0n) is 11.4. The molecule has 1 aromatic rings. The van der Waals surface area contributed by atoms with Crippen molar-refractivity contribution in [2.24, 2.45) is 10.9 Å². The van der Waals surface area contributed by atoms with Gasteiger partial charge >= 0.3 is 0 Å². The van der Waals surface area contributed by atoms with Crippen LogP contribution in [0.25, 0.3) is 0 Å². The molecule has 1 aromatic carbocycles. The lowest BCUT2D eigenvalue weighted by atomic mass is 10.2. The Kier molecular flexibility index (Phi) is 6.11. The SMILES string of the molecule is CC(C)OCCN(C)c1ccc(/C(N)=N/O)cc1Br. The lowest BCUT2D eigenvalue weighted by molar-refractivity contribution is 0.0846. The molecule has 0 fully saturated rings. The molecular weight excluding hydrogens is 310 g/mol. The predicted octanol–water partition coefficient (Wildman–Crippen LogP) is 2.40. The maximum absolute atomic E-state index is 8.65. The summed E-state index contributed by atoms with van der Waals surface area (Å²) >= 11 is 3.49. The monoisotopic (exact) mass is 329 g/mol. The minimum absolute atomic E-state index is 0.0954. The minimum atomic E-state index is 0.0954. The fourth-order valence-electron chi connectivity index (χ4n) is 1.58. The van der Waals surface area contributed by atoms with Crippen molar-refractivity contribution in [1.82, 2.24) is 0 Å². The molecule has 106 valence electrons. The van der Waals surface area contributed by atoms with Gasteiger partial charge in [0.1, 0.15) is 0 Å². The van der Waals surface area contributed by atoms with Gasteiger partial charge in [0.25, 0.3) is 0 Å². The van der Waals surface area contributed by atoms with Gasteiger partial charge in [0.05, 0.1) is 18.4 Å². The molecule has 0 aliphatic rings. The number of hydrogen-bond donors (Lipinski definition) is 2. The van der Waals surface area contributed by atoms with E-state index in [1.807, 2.05) is 39.1 Å². The number of likely N-dealkylation sites (N-methyl/N-ethyl adjacent to an activating group) is 1. The Morgan fingerprint density at radius 2 is 2.21 bits per heavy atom. The Morgan fingerprint density at radius 3 is 2.74 bits per heavy atom. The van der Waals surface area contributed by atoms with Crippen molar-refractivity contribution in [2.75, 3.05) is 25.1 Å². The van der Waals surface area contributed by atoms with E-state index in [2.05, 4.69) is 26.0 Å². The van der Waals surface area contributed by atoms with Crippen LogP contribution in [0.1, 0.15) is 19.4 Å². The van der Waals surface area contributed by atoms with E-state index < -0.39 is 0 Å². The highest BCUT2D eigenvalue weighted by Gasteiger charge is 2.08. The van der Waals surface area contributed by atoms with Crippen LogP contribution >= 0.6 is 15.9 Å². The third-order valence-electron chi connectivity index (χ3n) is 2.64. The standard InChI is InChI=1S/C13H20BrN3O2/c1-9(2)19-7-6-17(3)12-5-4-10(8-11(12)14)13(15)16-18/h4-5,8-9,18H,6-7H2,1-3H3,(H2,15,16). The van der Waals surface area contributed by atoms with Gasteiger partial charge < -0.3 is 20.6 Å². The van der Waals surface area contributed by atoms with Gasteiger partial charge in [-0.2, -0.15) is 0 Å². The van der Waals surface area contributed by atoms with Crippen LogP contribution < -0.4 is 10.6 Å². The van der Waals surface area contributed by atoms with Crippen molar-refractivity contribution in [3.05, 3.63) is 28.2 Å². The first-order chi connectivity index (χ1) is 8.95. The summed E-state index contributed by atoms with van der Waals surface area (Å²) < 4.78 is 6.42. The first kappa shape index (κ1) is 15.8. The molecular formula is C13H20BrN3O2. The molecule has 6 heteroatoms. The van der Waals surface area contributed by atoms with E-state index in [0.29, 0.717) is 12.2 Å².